The summed E-state index contributed by atoms with van der Waals surface area (Å²) in [7, 11) is 0. The first-order valence-corrected chi connectivity index (χ1v) is 13.2. The van der Waals surface area contributed by atoms with Crippen LogP contribution in [0.3, 0.4) is 0 Å². The van der Waals surface area contributed by atoms with Crippen molar-refractivity contribution in [1.82, 2.24) is 19.9 Å². The molecule has 1 N–H and O–H groups in total. The van der Waals surface area contributed by atoms with Crippen LogP contribution in [0.5, 0.6) is 11.5 Å². The van der Waals surface area contributed by atoms with E-state index < -0.39 is 11.4 Å². The molecule has 0 aliphatic carbocycles. The van der Waals surface area contributed by atoms with Crippen LogP contribution in [0.15, 0.2) is 85.2 Å². The number of aromatic nitrogens is 3. The van der Waals surface area contributed by atoms with Gasteiger partial charge >= 0.3 is 0 Å². The van der Waals surface area contributed by atoms with Gasteiger partial charge in [0.2, 0.25) is 11.8 Å². The summed E-state index contributed by atoms with van der Waals surface area (Å²) in [6.45, 7) is 1.89. The lowest BCUT2D eigenvalue weighted by Crippen LogP contribution is -2.54. The highest BCUT2D eigenvalue weighted by Gasteiger charge is 2.49. The number of benzene rings is 3. The summed E-state index contributed by atoms with van der Waals surface area (Å²) in [4.78, 5) is 29.8. The zero-order valence-corrected chi connectivity index (χ0v) is 22.8. The van der Waals surface area contributed by atoms with Crippen molar-refractivity contribution in [1.29, 1.82) is 0 Å². The summed E-state index contributed by atoms with van der Waals surface area (Å²) in [5, 5.41) is 11.2. The molecule has 8 nitrogen and oxygen atoms in total. The molecule has 1 fully saturated rings. The minimum atomic E-state index is -1.19. The van der Waals surface area contributed by atoms with E-state index in [0.29, 0.717) is 29.2 Å². The third-order valence-electron chi connectivity index (χ3n) is 6.88. The Morgan fingerprint density at radius 1 is 1.02 bits per heavy atom. The molecule has 0 spiro atoms. The summed E-state index contributed by atoms with van der Waals surface area (Å²) in [5.74, 6) is -0.649. The molecule has 0 bridgehead atoms. The molecule has 2 amide bonds. The van der Waals surface area contributed by atoms with E-state index >= 15 is 0 Å². The molecule has 11 heteroatoms. The van der Waals surface area contributed by atoms with Crippen molar-refractivity contribution in [2.75, 3.05) is 11.9 Å². The third kappa shape index (κ3) is 6.60. The van der Waals surface area contributed by atoms with Gasteiger partial charge in [0.15, 0.2) is 0 Å². The van der Waals surface area contributed by atoms with E-state index in [-0.39, 0.29) is 41.7 Å². The van der Waals surface area contributed by atoms with Crippen LogP contribution in [-0.4, -0.2) is 43.8 Å². The minimum Gasteiger partial charge on any atom is -0.457 e. The highest BCUT2D eigenvalue weighted by Crippen LogP contribution is 2.36. The first-order valence-electron chi connectivity index (χ1n) is 12.8. The van der Waals surface area contributed by atoms with Crippen molar-refractivity contribution < 1.29 is 23.1 Å². The molecule has 1 saturated heterocycles. The normalized spacial score (nSPS) is 18.5. The van der Waals surface area contributed by atoms with Crippen LogP contribution >= 0.6 is 11.6 Å². The standard InChI is InChI=1S/C30H26ClF2N5O3/c1-30(29(40)36-24-8-12-26(13-9-24)41-25-10-6-22(32)7-11-25)17-20(2-3-21-4-5-23(33)16-27(21)31)18-37(30)28(39)19-38-34-14-15-35-38/h2-16,20H,17-19H2,1H3,(H,36,40)/b3-2+. The number of nitrogens with zero attached hydrogens (tertiary/aromatic N) is 4. The lowest BCUT2D eigenvalue weighted by atomic mass is 9.92. The van der Waals surface area contributed by atoms with Gasteiger partial charge < -0.3 is 15.0 Å². The van der Waals surface area contributed by atoms with Gasteiger partial charge in [-0.3, -0.25) is 9.59 Å². The largest absolute Gasteiger partial charge is 0.457 e. The van der Waals surface area contributed by atoms with E-state index in [0.717, 1.165) is 0 Å². The predicted octanol–water partition coefficient (Wildman–Crippen LogP) is 5.96. The molecule has 1 aliphatic rings. The second-order valence-electron chi connectivity index (χ2n) is 9.86. The van der Waals surface area contributed by atoms with Crippen molar-refractivity contribution in [3.8, 4) is 11.5 Å². The number of rotatable bonds is 8. The number of carbonyl (C=O) groups excluding carboxylic acids is 2. The van der Waals surface area contributed by atoms with E-state index in [1.165, 1.54) is 53.6 Å². The summed E-state index contributed by atoms with van der Waals surface area (Å²) in [6, 6.07) is 16.5. The van der Waals surface area contributed by atoms with E-state index in [1.807, 2.05) is 6.08 Å². The maximum Gasteiger partial charge on any atom is 0.250 e. The number of hydrogen-bond donors (Lipinski definition) is 1. The number of hydrogen-bond acceptors (Lipinski definition) is 5. The van der Waals surface area contributed by atoms with Crippen LogP contribution in [0.2, 0.25) is 5.02 Å². The maximum absolute atomic E-state index is 13.7. The number of amides is 2. The molecular weight excluding hydrogens is 552 g/mol. The average molecular weight is 578 g/mol. The van der Waals surface area contributed by atoms with Gasteiger partial charge in [-0.2, -0.15) is 15.0 Å². The van der Waals surface area contributed by atoms with Gasteiger partial charge in [0.25, 0.3) is 0 Å². The Morgan fingerprint density at radius 2 is 1.66 bits per heavy atom. The van der Waals surface area contributed by atoms with E-state index in [2.05, 4.69) is 15.5 Å². The molecule has 2 heterocycles. The number of anilines is 1. The lowest BCUT2D eigenvalue weighted by Gasteiger charge is -2.33. The quantitative estimate of drug-likeness (QED) is 0.279. The van der Waals surface area contributed by atoms with Crippen molar-refractivity contribution in [2.24, 2.45) is 5.92 Å². The van der Waals surface area contributed by atoms with Crippen LogP contribution in [0, 0.1) is 17.6 Å². The van der Waals surface area contributed by atoms with Crippen LogP contribution in [-0.2, 0) is 16.1 Å². The van der Waals surface area contributed by atoms with Crippen molar-refractivity contribution in [3.63, 3.8) is 0 Å². The Labute approximate surface area is 240 Å². The highest BCUT2D eigenvalue weighted by molar-refractivity contribution is 6.32. The van der Waals surface area contributed by atoms with Gasteiger partial charge in [0.1, 0.15) is 35.2 Å². The molecule has 4 aromatic rings. The van der Waals surface area contributed by atoms with E-state index in [1.54, 1.807) is 48.2 Å². The van der Waals surface area contributed by atoms with Gasteiger partial charge in [-0.05, 0) is 85.5 Å². The van der Waals surface area contributed by atoms with Gasteiger partial charge in [-0.15, -0.1) is 0 Å². The zero-order valence-electron chi connectivity index (χ0n) is 22.0. The first-order chi connectivity index (χ1) is 19.7. The Balaban J connectivity index is 1.32. The first kappa shape index (κ1) is 28.0. The van der Waals surface area contributed by atoms with Crippen LogP contribution in [0.1, 0.15) is 18.9 Å². The zero-order chi connectivity index (χ0) is 29.0. The molecule has 3 aromatic carbocycles. The molecule has 210 valence electrons. The Hall–Kier alpha value is -4.57. The molecule has 5 rings (SSSR count). The summed E-state index contributed by atoms with van der Waals surface area (Å²) in [6.07, 6.45) is 6.95. The van der Waals surface area contributed by atoms with Crippen LogP contribution < -0.4 is 10.1 Å². The van der Waals surface area contributed by atoms with Crippen molar-refractivity contribution in [3.05, 3.63) is 107 Å². The summed E-state index contributed by atoms with van der Waals surface area (Å²) < 4.78 is 32.3. The van der Waals surface area contributed by atoms with E-state index in [4.69, 9.17) is 16.3 Å². The van der Waals surface area contributed by atoms with Crippen LogP contribution in [0.4, 0.5) is 14.5 Å². The molecule has 2 atom stereocenters. The molecule has 1 aliphatic heterocycles. The number of nitrogens with one attached hydrogen (secondary N) is 1. The number of likely N-dealkylation sites (tertiary alicyclic amines) is 1. The second kappa shape index (κ2) is 11.9. The minimum absolute atomic E-state index is 0.120. The summed E-state index contributed by atoms with van der Waals surface area (Å²) in [5.41, 5.74) is -0.0386. The highest BCUT2D eigenvalue weighted by atomic mass is 35.5. The van der Waals surface area contributed by atoms with Gasteiger partial charge in [-0.1, -0.05) is 29.8 Å². The Kier molecular flexibility index (Phi) is 8.11. The molecule has 2 unspecified atom stereocenters. The summed E-state index contributed by atoms with van der Waals surface area (Å²) >= 11 is 6.17. The fourth-order valence-electron chi connectivity index (χ4n) is 4.76. The smallest absolute Gasteiger partial charge is 0.250 e. The lowest BCUT2D eigenvalue weighted by molar-refractivity contribution is -0.142. The van der Waals surface area contributed by atoms with Gasteiger partial charge in [0.05, 0.1) is 17.4 Å². The monoisotopic (exact) mass is 577 g/mol. The number of halogens is 3. The van der Waals surface area contributed by atoms with Gasteiger partial charge in [-0.25, -0.2) is 8.78 Å². The Bertz CT molecular complexity index is 1560. The van der Waals surface area contributed by atoms with Crippen LogP contribution in [0.25, 0.3) is 6.08 Å². The van der Waals surface area contributed by atoms with E-state index in [9.17, 15) is 18.4 Å². The molecule has 0 radical (unpaired) electrons. The SMILES string of the molecule is CC1(C(=O)Nc2ccc(Oc3ccc(F)cc3)cc2)CC(/C=C/c2ccc(F)cc2Cl)CN1C(=O)Cn1nccn1. The third-order valence-corrected chi connectivity index (χ3v) is 7.21. The second-order valence-corrected chi connectivity index (χ2v) is 10.3. The maximum atomic E-state index is 13.7. The molecule has 41 heavy (non-hydrogen) atoms. The van der Waals surface area contributed by atoms with Crippen molar-refractivity contribution >= 4 is 35.2 Å². The number of ether oxygens (including phenoxy) is 1. The number of carbonyl (C=O) groups is 2. The molecular formula is C30H26ClF2N5O3. The molecule has 1 aromatic heterocycles. The predicted molar refractivity (Wildman–Crippen MR) is 150 cm³/mol. The molecule has 0 saturated carbocycles. The van der Waals surface area contributed by atoms with Crippen molar-refractivity contribution in [2.45, 2.75) is 25.4 Å². The Morgan fingerprint density at radius 3 is 2.32 bits per heavy atom. The van der Waals surface area contributed by atoms with Gasteiger partial charge in [0, 0.05) is 12.2 Å². The fraction of sp³-hybridized carbons (Fsp3) is 0.200. The fourth-order valence-corrected chi connectivity index (χ4v) is 4.99. The average Bonchev–Trinajstić information content (AvgIpc) is 3.58. The topological polar surface area (TPSA) is 89.4 Å².